The molecule has 5 nitrogen and oxygen atoms in total. The average Bonchev–Trinajstić information content (AvgIpc) is 2.80. The summed E-state index contributed by atoms with van der Waals surface area (Å²) in [5.74, 6) is -0.0732. The molecule has 1 aromatic carbocycles. The normalized spacial score (nSPS) is 12.5. The Hall–Kier alpha value is -1.56. The molecule has 0 spiro atoms. The lowest BCUT2D eigenvalue weighted by molar-refractivity contribution is -0.122. The summed E-state index contributed by atoms with van der Waals surface area (Å²) in [4.78, 5) is 11.8. The minimum Gasteiger partial charge on any atom is -0.444 e. The third kappa shape index (κ3) is 3.97. The Morgan fingerprint density at radius 3 is 2.95 bits per heavy atom. The fourth-order valence-electron chi connectivity index (χ4n) is 2.01. The highest BCUT2D eigenvalue weighted by molar-refractivity contribution is 6.30. The number of hydrogen-bond acceptors (Lipinski definition) is 4. The Morgan fingerprint density at radius 1 is 1.43 bits per heavy atom. The third-order valence-corrected chi connectivity index (χ3v) is 3.54. The van der Waals surface area contributed by atoms with Crippen LogP contribution in [0.5, 0.6) is 0 Å². The predicted molar refractivity (Wildman–Crippen MR) is 82.4 cm³/mol. The molecule has 114 valence electrons. The summed E-state index contributed by atoms with van der Waals surface area (Å²) in [5, 5.41) is 7.25. The zero-order valence-electron chi connectivity index (χ0n) is 12.1. The van der Waals surface area contributed by atoms with Crippen molar-refractivity contribution in [1.29, 1.82) is 0 Å². The zero-order chi connectivity index (χ0) is 15.2. The van der Waals surface area contributed by atoms with Crippen LogP contribution in [0.1, 0.15) is 12.5 Å². The number of halogens is 1. The monoisotopic (exact) mass is 310 g/mol. The first kappa shape index (κ1) is 15.8. The van der Waals surface area contributed by atoms with Gasteiger partial charge in [-0.05, 0) is 24.6 Å². The number of para-hydroxylation sites is 1. The number of rotatable bonds is 7. The molecule has 1 atom stereocenters. The summed E-state index contributed by atoms with van der Waals surface area (Å²) in [6, 6.07) is 7.31. The second-order valence-corrected chi connectivity index (χ2v) is 5.08. The number of carbonyl (C=O) groups is 1. The quantitative estimate of drug-likeness (QED) is 0.770. The Kier molecular flexibility index (Phi) is 5.61. The van der Waals surface area contributed by atoms with Crippen LogP contribution < -0.4 is 10.6 Å². The maximum atomic E-state index is 11.8. The van der Waals surface area contributed by atoms with Crippen LogP contribution in [0.15, 0.2) is 28.7 Å². The molecule has 1 aromatic heterocycles. The zero-order valence-corrected chi connectivity index (χ0v) is 12.9. The molecule has 1 heterocycles. The van der Waals surface area contributed by atoms with E-state index in [0.29, 0.717) is 24.9 Å². The fourth-order valence-corrected chi connectivity index (χ4v) is 2.26. The molecular formula is C15H19ClN2O3. The molecule has 0 aliphatic rings. The van der Waals surface area contributed by atoms with Crippen molar-refractivity contribution in [3.05, 3.63) is 35.0 Å². The van der Waals surface area contributed by atoms with Crippen molar-refractivity contribution in [2.45, 2.75) is 19.5 Å². The van der Waals surface area contributed by atoms with Crippen molar-refractivity contribution in [2.75, 3.05) is 20.3 Å². The molecule has 0 aliphatic heterocycles. The van der Waals surface area contributed by atoms with Gasteiger partial charge in [-0.1, -0.05) is 18.2 Å². The first-order chi connectivity index (χ1) is 10.1. The second kappa shape index (κ2) is 7.45. The summed E-state index contributed by atoms with van der Waals surface area (Å²) in [5.41, 5.74) is 1.61. The van der Waals surface area contributed by atoms with Crippen LogP contribution in [0, 0.1) is 0 Å². The Morgan fingerprint density at radius 2 is 2.19 bits per heavy atom. The number of benzene rings is 1. The molecule has 2 aromatic rings. The molecule has 0 saturated carbocycles. The van der Waals surface area contributed by atoms with Crippen molar-refractivity contribution in [3.63, 3.8) is 0 Å². The van der Waals surface area contributed by atoms with Crippen LogP contribution in [0.4, 0.5) is 0 Å². The van der Waals surface area contributed by atoms with E-state index in [0.717, 1.165) is 16.5 Å². The highest BCUT2D eigenvalue weighted by atomic mass is 35.5. The van der Waals surface area contributed by atoms with E-state index in [1.54, 1.807) is 14.0 Å². The van der Waals surface area contributed by atoms with Gasteiger partial charge in [0.15, 0.2) is 5.22 Å². The lowest BCUT2D eigenvalue weighted by Crippen LogP contribution is -2.42. The van der Waals surface area contributed by atoms with Crippen molar-refractivity contribution >= 4 is 28.5 Å². The molecule has 0 bridgehead atoms. The molecule has 0 radical (unpaired) electrons. The number of fused-ring (bicyclic) bond motifs is 1. The van der Waals surface area contributed by atoms with Gasteiger partial charge in [0, 0.05) is 31.1 Å². The Balaban J connectivity index is 1.95. The summed E-state index contributed by atoms with van der Waals surface area (Å²) in [6.45, 7) is 3.26. The molecule has 6 heteroatoms. The van der Waals surface area contributed by atoms with Crippen LogP contribution in [0.2, 0.25) is 5.22 Å². The predicted octanol–water partition coefficient (Wildman–Crippen LogP) is 2.33. The molecule has 0 aliphatic carbocycles. The van der Waals surface area contributed by atoms with Crippen molar-refractivity contribution in [3.8, 4) is 0 Å². The molecule has 2 rings (SSSR count). The van der Waals surface area contributed by atoms with Gasteiger partial charge in [-0.15, -0.1) is 0 Å². The van der Waals surface area contributed by atoms with Crippen molar-refractivity contribution in [2.24, 2.45) is 0 Å². The van der Waals surface area contributed by atoms with E-state index in [2.05, 4.69) is 10.6 Å². The van der Waals surface area contributed by atoms with Crippen LogP contribution in [-0.2, 0) is 16.1 Å². The minimum atomic E-state index is -0.327. The Bertz CT molecular complexity index is 612. The second-order valence-electron chi connectivity index (χ2n) is 4.74. The number of ether oxygens (including phenoxy) is 1. The summed E-state index contributed by atoms with van der Waals surface area (Å²) >= 11 is 6.11. The minimum absolute atomic E-state index is 0.0732. The first-order valence-electron chi connectivity index (χ1n) is 6.79. The van der Waals surface area contributed by atoms with Gasteiger partial charge in [-0.2, -0.15) is 0 Å². The van der Waals surface area contributed by atoms with E-state index in [1.807, 2.05) is 24.3 Å². The summed E-state index contributed by atoms with van der Waals surface area (Å²) in [7, 11) is 1.60. The maximum Gasteiger partial charge on any atom is 0.236 e. The van der Waals surface area contributed by atoms with E-state index in [4.69, 9.17) is 20.8 Å². The number of carbonyl (C=O) groups excluding carboxylic acids is 1. The lowest BCUT2D eigenvalue weighted by Gasteiger charge is -2.13. The topological polar surface area (TPSA) is 63.5 Å². The third-order valence-electron chi connectivity index (χ3n) is 3.23. The van der Waals surface area contributed by atoms with Gasteiger partial charge in [0.25, 0.3) is 0 Å². The molecule has 21 heavy (non-hydrogen) atoms. The number of amides is 1. The molecule has 0 saturated heterocycles. The van der Waals surface area contributed by atoms with E-state index < -0.39 is 0 Å². The van der Waals surface area contributed by atoms with Gasteiger partial charge in [0.05, 0.1) is 12.6 Å². The van der Waals surface area contributed by atoms with E-state index in [9.17, 15) is 4.79 Å². The molecule has 1 unspecified atom stereocenters. The van der Waals surface area contributed by atoms with Gasteiger partial charge in [0.2, 0.25) is 5.91 Å². The van der Waals surface area contributed by atoms with Crippen LogP contribution in [0.3, 0.4) is 0 Å². The number of furan rings is 1. The van der Waals surface area contributed by atoms with E-state index in [1.165, 1.54) is 0 Å². The van der Waals surface area contributed by atoms with Gasteiger partial charge in [-0.3, -0.25) is 4.79 Å². The van der Waals surface area contributed by atoms with Crippen LogP contribution >= 0.6 is 11.6 Å². The molecular weight excluding hydrogens is 292 g/mol. The Labute approximate surface area is 128 Å². The van der Waals surface area contributed by atoms with Crippen molar-refractivity contribution < 1.29 is 13.9 Å². The van der Waals surface area contributed by atoms with Gasteiger partial charge in [-0.25, -0.2) is 0 Å². The van der Waals surface area contributed by atoms with Crippen LogP contribution in [0.25, 0.3) is 11.0 Å². The SMILES string of the molecule is COCCNC(=O)C(C)NCc1c(Cl)oc2ccccc12. The summed E-state index contributed by atoms with van der Waals surface area (Å²) < 4.78 is 10.4. The van der Waals surface area contributed by atoms with Gasteiger partial charge in [0.1, 0.15) is 5.58 Å². The summed E-state index contributed by atoms with van der Waals surface area (Å²) in [6.07, 6.45) is 0. The molecule has 2 N–H and O–H groups in total. The number of hydrogen-bond donors (Lipinski definition) is 2. The highest BCUT2D eigenvalue weighted by Gasteiger charge is 2.16. The standard InChI is InChI=1S/C15H19ClN2O3/c1-10(15(19)17-7-8-20-2)18-9-12-11-5-3-4-6-13(11)21-14(12)16/h3-6,10,18H,7-9H2,1-2H3,(H,17,19). The number of methoxy groups -OCH3 is 1. The van der Waals surface area contributed by atoms with Crippen molar-refractivity contribution in [1.82, 2.24) is 10.6 Å². The van der Waals surface area contributed by atoms with Gasteiger partial charge >= 0.3 is 0 Å². The smallest absolute Gasteiger partial charge is 0.236 e. The van der Waals surface area contributed by atoms with Crippen LogP contribution in [-0.4, -0.2) is 32.2 Å². The van der Waals surface area contributed by atoms with E-state index in [-0.39, 0.29) is 11.9 Å². The largest absolute Gasteiger partial charge is 0.444 e. The molecule has 0 fully saturated rings. The maximum absolute atomic E-state index is 11.8. The van der Waals surface area contributed by atoms with Gasteiger partial charge < -0.3 is 19.8 Å². The lowest BCUT2D eigenvalue weighted by atomic mass is 10.1. The average molecular weight is 311 g/mol. The first-order valence-corrected chi connectivity index (χ1v) is 7.17. The highest BCUT2D eigenvalue weighted by Crippen LogP contribution is 2.29. The number of nitrogens with one attached hydrogen (secondary N) is 2. The van der Waals surface area contributed by atoms with E-state index >= 15 is 0 Å². The fraction of sp³-hybridized carbons (Fsp3) is 0.400. The molecule has 1 amide bonds.